The lowest BCUT2D eigenvalue weighted by molar-refractivity contribution is -0.144. The monoisotopic (exact) mass is 517 g/mol. The van der Waals surface area contributed by atoms with Gasteiger partial charge in [-0.25, -0.2) is 9.36 Å². The number of aliphatic hydroxyl groups excluding tert-OH is 1. The quantitative estimate of drug-likeness (QED) is 0.497. The van der Waals surface area contributed by atoms with Gasteiger partial charge >= 0.3 is 0 Å². The second-order valence-corrected chi connectivity index (χ2v) is 12.1. The van der Waals surface area contributed by atoms with E-state index in [1.54, 1.807) is 9.58 Å². The van der Waals surface area contributed by atoms with Crippen LogP contribution in [-0.2, 0) is 9.59 Å². The minimum atomic E-state index is -0.743. The molecular weight excluding hydrogens is 482 g/mol. The number of β-amino-alcohol motifs (C(OH)–C–C–N with tert-alkyl or cyclic N) is 1. The van der Waals surface area contributed by atoms with Crippen LogP contribution in [-0.4, -0.2) is 71.3 Å². The first-order valence-electron chi connectivity index (χ1n) is 13.5. The van der Waals surface area contributed by atoms with Gasteiger partial charge in [-0.3, -0.25) is 9.59 Å². The van der Waals surface area contributed by atoms with Crippen LogP contribution in [0.2, 0.25) is 0 Å². The highest BCUT2D eigenvalue weighted by molar-refractivity contribution is 5.90. The van der Waals surface area contributed by atoms with Gasteiger partial charge in [0.15, 0.2) is 0 Å². The van der Waals surface area contributed by atoms with Gasteiger partial charge in [-0.15, -0.1) is 5.10 Å². The summed E-state index contributed by atoms with van der Waals surface area (Å²) in [5.41, 5.74) is 2.52. The van der Waals surface area contributed by atoms with Crippen LogP contribution in [0.3, 0.4) is 0 Å². The Balaban J connectivity index is 1.14. The van der Waals surface area contributed by atoms with Crippen molar-refractivity contribution in [2.24, 2.45) is 5.41 Å². The van der Waals surface area contributed by atoms with E-state index in [1.165, 1.54) is 0 Å². The summed E-state index contributed by atoms with van der Waals surface area (Å²) in [6.45, 7) is 6.09. The molecule has 1 saturated heterocycles. The van der Waals surface area contributed by atoms with E-state index in [9.17, 15) is 14.7 Å². The Morgan fingerprint density at radius 1 is 1.11 bits per heavy atom. The molecule has 10 heteroatoms. The minimum absolute atomic E-state index is 0.0135. The fourth-order valence-corrected chi connectivity index (χ4v) is 5.58. The molecular formula is C28H35N7O3. The molecule has 1 aromatic carbocycles. The number of carbonyl (C=O) groups excluding carboxylic acids is 2. The van der Waals surface area contributed by atoms with Crippen LogP contribution in [0.15, 0.2) is 48.9 Å². The Hall–Kier alpha value is -3.53. The molecule has 3 fully saturated rings. The Labute approximate surface area is 222 Å². The Bertz CT molecular complexity index is 1320. The van der Waals surface area contributed by atoms with E-state index in [4.69, 9.17) is 0 Å². The summed E-state index contributed by atoms with van der Waals surface area (Å²) < 4.78 is 3.49. The fraction of sp³-hybridized carbons (Fsp3) is 0.536. The highest BCUT2D eigenvalue weighted by Gasteiger charge is 2.48. The van der Waals surface area contributed by atoms with E-state index in [1.807, 2.05) is 74.4 Å². The summed E-state index contributed by atoms with van der Waals surface area (Å²) in [4.78, 5) is 28.8. The van der Waals surface area contributed by atoms with Crippen molar-refractivity contribution in [2.45, 2.75) is 82.5 Å². The highest BCUT2D eigenvalue weighted by Crippen LogP contribution is 2.42. The summed E-state index contributed by atoms with van der Waals surface area (Å²) in [7, 11) is 0. The van der Waals surface area contributed by atoms with E-state index < -0.39 is 23.6 Å². The van der Waals surface area contributed by atoms with Crippen LogP contribution in [0.1, 0.15) is 75.6 Å². The van der Waals surface area contributed by atoms with Gasteiger partial charge in [0.1, 0.15) is 12.1 Å². The number of aromatic nitrogens is 5. The van der Waals surface area contributed by atoms with E-state index in [0.717, 1.165) is 36.2 Å². The van der Waals surface area contributed by atoms with Gasteiger partial charge in [0, 0.05) is 43.2 Å². The van der Waals surface area contributed by atoms with Crippen molar-refractivity contribution >= 4 is 11.8 Å². The van der Waals surface area contributed by atoms with E-state index in [0.29, 0.717) is 5.92 Å². The van der Waals surface area contributed by atoms with Crippen molar-refractivity contribution in [3.63, 3.8) is 0 Å². The number of nitrogens with zero attached hydrogens (tertiary/aromatic N) is 6. The maximum atomic E-state index is 13.9. The number of amides is 2. The van der Waals surface area contributed by atoms with Gasteiger partial charge in [-0.2, -0.15) is 5.10 Å². The zero-order valence-electron chi connectivity index (χ0n) is 22.1. The van der Waals surface area contributed by atoms with Crippen molar-refractivity contribution in [3.8, 4) is 5.69 Å². The lowest BCUT2D eigenvalue weighted by Gasteiger charge is -2.34. The zero-order chi connectivity index (χ0) is 26.6. The molecule has 3 heterocycles. The number of nitrogens with one attached hydrogen (secondary N) is 1. The van der Waals surface area contributed by atoms with Crippen LogP contribution in [0.25, 0.3) is 5.69 Å². The average molecular weight is 518 g/mol. The van der Waals surface area contributed by atoms with E-state index >= 15 is 0 Å². The van der Waals surface area contributed by atoms with Crippen molar-refractivity contribution < 1.29 is 14.7 Å². The lowest BCUT2D eigenvalue weighted by atomic mass is 9.85. The molecule has 6 rings (SSSR count). The molecule has 0 unspecified atom stereocenters. The third-order valence-electron chi connectivity index (χ3n) is 7.88. The topological polar surface area (TPSA) is 118 Å². The zero-order valence-corrected chi connectivity index (χ0v) is 22.1. The second kappa shape index (κ2) is 9.34. The first kappa shape index (κ1) is 24.8. The summed E-state index contributed by atoms with van der Waals surface area (Å²) in [5.74, 6) is 0.184. The molecule has 2 saturated carbocycles. The van der Waals surface area contributed by atoms with Gasteiger partial charge in [-0.1, -0.05) is 44.2 Å². The Kier molecular flexibility index (Phi) is 6.09. The summed E-state index contributed by atoms with van der Waals surface area (Å²) >= 11 is 0. The molecule has 0 radical (unpaired) electrons. The Morgan fingerprint density at radius 2 is 1.87 bits per heavy atom. The van der Waals surface area contributed by atoms with E-state index in [-0.39, 0.29) is 36.7 Å². The molecule has 10 nitrogen and oxygen atoms in total. The van der Waals surface area contributed by atoms with Crippen molar-refractivity contribution in [1.29, 1.82) is 0 Å². The maximum absolute atomic E-state index is 13.9. The van der Waals surface area contributed by atoms with Gasteiger partial charge in [-0.05, 0) is 42.4 Å². The van der Waals surface area contributed by atoms with E-state index in [2.05, 4.69) is 20.7 Å². The van der Waals surface area contributed by atoms with Crippen LogP contribution in [0, 0.1) is 5.41 Å². The van der Waals surface area contributed by atoms with Crippen LogP contribution in [0.4, 0.5) is 0 Å². The number of benzene rings is 1. The lowest BCUT2D eigenvalue weighted by Crippen LogP contribution is -2.50. The number of hydrogen-bond donors (Lipinski definition) is 2. The molecule has 2 amide bonds. The first-order valence-corrected chi connectivity index (χ1v) is 13.5. The summed E-state index contributed by atoms with van der Waals surface area (Å²) in [5, 5.41) is 26.7. The fourth-order valence-electron chi connectivity index (χ4n) is 5.58. The van der Waals surface area contributed by atoms with Crippen LogP contribution < -0.4 is 5.32 Å². The smallest absolute Gasteiger partial charge is 0.248 e. The molecule has 0 spiro atoms. The first-order chi connectivity index (χ1) is 18.2. The number of carbonyl (C=O) groups is 2. The van der Waals surface area contributed by atoms with Crippen LogP contribution >= 0.6 is 0 Å². The SMILES string of the molecule is CC(C)(C)[C@@H](C(=O)N1C[C@H](O)C[C@H]1C(=O)N[C@@H]1C[C@H]1c1cnn(-c2ccccc2)c1)n1cc(C2CC2)nn1. The number of likely N-dealkylation sites (tertiary alicyclic amines) is 1. The molecule has 2 N–H and O–H groups in total. The Morgan fingerprint density at radius 3 is 2.58 bits per heavy atom. The minimum Gasteiger partial charge on any atom is -0.391 e. The molecule has 0 bridgehead atoms. The molecule has 5 atom stereocenters. The standard InChI is InChI=1S/C28H35N7O3/c1-28(2,3)25(35-16-23(31-32-35)17-9-10-17)27(38)33-15-20(36)11-24(33)26(37)30-22-12-21(22)18-13-29-34(14-18)19-7-5-4-6-8-19/h4-8,13-14,16-17,20-22,24-25,36H,9-12,15H2,1-3H3,(H,30,37)/t20-,21+,22-,24+,25-/m1/s1. The highest BCUT2D eigenvalue weighted by atomic mass is 16.3. The number of para-hydroxylation sites is 1. The number of rotatable bonds is 7. The van der Waals surface area contributed by atoms with Crippen molar-refractivity contribution in [1.82, 2.24) is 35.0 Å². The third-order valence-corrected chi connectivity index (χ3v) is 7.88. The number of aliphatic hydroxyl groups is 1. The molecule has 2 aliphatic carbocycles. The largest absolute Gasteiger partial charge is 0.391 e. The molecule has 38 heavy (non-hydrogen) atoms. The van der Waals surface area contributed by atoms with Gasteiger partial charge in [0.25, 0.3) is 0 Å². The average Bonchev–Trinajstić information content (AvgIpc) is 3.70. The van der Waals surface area contributed by atoms with Gasteiger partial charge in [0.05, 0.1) is 23.7 Å². The van der Waals surface area contributed by atoms with Crippen LogP contribution in [0.5, 0.6) is 0 Å². The number of hydrogen-bond acceptors (Lipinski definition) is 6. The molecule has 3 aliphatic rings. The third kappa shape index (κ3) is 4.84. The summed E-state index contributed by atoms with van der Waals surface area (Å²) in [6, 6.07) is 8.55. The maximum Gasteiger partial charge on any atom is 0.248 e. The molecule has 200 valence electrons. The predicted molar refractivity (Wildman–Crippen MR) is 139 cm³/mol. The molecule has 3 aromatic rings. The normalized spacial score (nSPS) is 25.8. The van der Waals surface area contributed by atoms with Gasteiger partial charge in [0.2, 0.25) is 11.8 Å². The van der Waals surface area contributed by atoms with Gasteiger partial charge < -0.3 is 15.3 Å². The molecule has 2 aromatic heterocycles. The van der Waals surface area contributed by atoms with Crippen molar-refractivity contribution in [2.75, 3.05) is 6.54 Å². The molecule has 1 aliphatic heterocycles. The predicted octanol–water partition coefficient (Wildman–Crippen LogP) is 2.56. The second-order valence-electron chi connectivity index (χ2n) is 12.1. The summed E-state index contributed by atoms with van der Waals surface area (Å²) in [6.07, 6.45) is 8.23. The van der Waals surface area contributed by atoms with Crippen molar-refractivity contribution in [3.05, 3.63) is 60.2 Å².